The molecule has 2 atom stereocenters. The molecule has 0 saturated carbocycles. The van der Waals surface area contributed by atoms with Crippen molar-refractivity contribution in [1.82, 2.24) is 15.1 Å². The first-order valence-corrected chi connectivity index (χ1v) is 7.18. The summed E-state index contributed by atoms with van der Waals surface area (Å²) in [6, 6.07) is -0.647. The summed E-state index contributed by atoms with van der Waals surface area (Å²) in [5.74, 6) is -1.48. The maximum Gasteiger partial charge on any atom is 0.318 e. The van der Waals surface area contributed by atoms with E-state index in [2.05, 4.69) is 5.32 Å². The van der Waals surface area contributed by atoms with E-state index in [1.165, 1.54) is 4.90 Å². The number of aliphatic carboxylic acids is 1. The molecule has 3 amide bonds. The van der Waals surface area contributed by atoms with E-state index in [0.29, 0.717) is 6.42 Å². The minimum atomic E-state index is -0.888. The largest absolute Gasteiger partial charge is 0.481 e. The second kappa shape index (κ2) is 6.60. The minimum absolute atomic E-state index is 0.0458. The van der Waals surface area contributed by atoms with Crippen LogP contribution in [0.1, 0.15) is 19.3 Å². The number of hydrogen-bond donors (Lipinski definition) is 2. The van der Waals surface area contributed by atoms with E-state index < -0.39 is 11.9 Å². The normalized spacial score (nSPS) is 24.1. The van der Waals surface area contributed by atoms with Crippen LogP contribution in [0, 0.1) is 5.92 Å². The molecule has 21 heavy (non-hydrogen) atoms. The highest BCUT2D eigenvalue weighted by Gasteiger charge is 2.27. The van der Waals surface area contributed by atoms with Crippen LogP contribution in [0.3, 0.4) is 0 Å². The number of carboxylic acids is 1. The van der Waals surface area contributed by atoms with Gasteiger partial charge in [-0.15, -0.1) is 0 Å². The van der Waals surface area contributed by atoms with Gasteiger partial charge in [-0.25, -0.2) is 4.79 Å². The van der Waals surface area contributed by atoms with Crippen LogP contribution in [0.5, 0.6) is 0 Å². The molecular weight excluding hydrogens is 274 g/mol. The van der Waals surface area contributed by atoms with Crippen LogP contribution in [-0.4, -0.2) is 65.5 Å². The number of amides is 3. The predicted octanol–water partition coefficient (Wildman–Crippen LogP) is 0.280. The van der Waals surface area contributed by atoms with Crippen molar-refractivity contribution in [2.24, 2.45) is 5.92 Å². The molecule has 1 aliphatic heterocycles. The van der Waals surface area contributed by atoms with Crippen molar-refractivity contribution in [2.75, 3.05) is 26.7 Å². The van der Waals surface area contributed by atoms with Crippen LogP contribution in [0.2, 0.25) is 0 Å². The molecular formula is C14H21N3O4. The second-order valence-electron chi connectivity index (χ2n) is 5.57. The van der Waals surface area contributed by atoms with Crippen LogP contribution in [0.25, 0.3) is 0 Å². The third kappa shape index (κ3) is 3.96. The van der Waals surface area contributed by atoms with Crippen molar-refractivity contribution in [3.63, 3.8) is 0 Å². The number of carbonyl (C=O) groups is 3. The van der Waals surface area contributed by atoms with Gasteiger partial charge in [0, 0.05) is 20.1 Å². The van der Waals surface area contributed by atoms with E-state index in [-0.39, 0.29) is 24.5 Å². The van der Waals surface area contributed by atoms with Gasteiger partial charge >= 0.3 is 12.0 Å². The Labute approximate surface area is 123 Å². The Kier molecular flexibility index (Phi) is 4.82. The summed E-state index contributed by atoms with van der Waals surface area (Å²) in [5, 5.41) is 11.6. The molecule has 7 heteroatoms. The monoisotopic (exact) mass is 295 g/mol. The molecule has 0 bridgehead atoms. The Hall–Kier alpha value is -2.05. The van der Waals surface area contributed by atoms with Gasteiger partial charge in [0.15, 0.2) is 0 Å². The number of rotatable bonds is 4. The standard InChI is InChI=1S/C14H21N3O4/c1-16(9-12(18)17-6-2-3-7-17)14(21)15-11-5-4-10(8-11)13(19)20/h4-5,10-11H,2-3,6-9H2,1H3,(H,15,21)(H,19,20). The lowest BCUT2D eigenvalue weighted by molar-refractivity contribution is -0.140. The molecule has 2 aliphatic rings. The Bertz CT molecular complexity index is 457. The van der Waals surface area contributed by atoms with Gasteiger partial charge in [-0.05, 0) is 19.3 Å². The summed E-state index contributed by atoms with van der Waals surface area (Å²) in [7, 11) is 1.57. The fourth-order valence-electron chi connectivity index (χ4n) is 2.60. The van der Waals surface area contributed by atoms with Crippen LogP contribution < -0.4 is 5.32 Å². The lowest BCUT2D eigenvalue weighted by Crippen LogP contribution is -2.46. The first-order valence-electron chi connectivity index (χ1n) is 7.18. The molecule has 1 aliphatic carbocycles. The second-order valence-corrected chi connectivity index (χ2v) is 5.57. The van der Waals surface area contributed by atoms with E-state index in [4.69, 9.17) is 5.11 Å². The number of nitrogens with zero attached hydrogens (tertiary/aromatic N) is 2. The number of nitrogens with one attached hydrogen (secondary N) is 1. The van der Waals surface area contributed by atoms with E-state index in [1.807, 2.05) is 0 Å². The average Bonchev–Trinajstić information content (AvgIpc) is 3.09. The number of urea groups is 1. The Morgan fingerprint density at radius 3 is 2.52 bits per heavy atom. The van der Waals surface area contributed by atoms with Crippen molar-refractivity contribution in [3.8, 4) is 0 Å². The maximum absolute atomic E-state index is 12.0. The molecule has 0 aromatic rings. The zero-order valence-corrected chi connectivity index (χ0v) is 12.1. The number of likely N-dealkylation sites (N-methyl/N-ethyl adjacent to an activating group) is 1. The third-order valence-corrected chi connectivity index (χ3v) is 3.89. The van der Waals surface area contributed by atoms with Crippen molar-refractivity contribution in [2.45, 2.75) is 25.3 Å². The van der Waals surface area contributed by atoms with Gasteiger partial charge in [0.1, 0.15) is 6.54 Å². The van der Waals surface area contributed by atoms with Crippen LogP contribution in [-0.2, 0) is 9.59 Å². The lowest BCUT2D eigenvalue weighted by Gasteiger charge is -2.23. The van der Waals surface area contributed by atoms with Crippen LogP contribution in [0.15, 0.2) is 12.2 Å². The molecule has 2 rings (SSSR count). The van der Waals surface area contributed by atoms with Gasteiger partial charge < -0.3 is 20.2 Å². The van der Waals surface area contributed by atoms with E-state index in [9.17, 15) is 14.4 Å². The molecule has 2 unspecified atom stereocenters. The summed E-state index contributed by atoms with van der Waals surface area (Å²) in [4.78, 5) is 37.9. The summed E-state index contributed by atoms with van der Waals surface area (Å²) >= 11 is 0. The third-order valence-electron chi connectivity index (χ3n) is 3.89. The van der Waals surface area contributed by atoms with E-state index in [0.717, 1.165) is 25.9 Å². The molecule has 116 valence electrons. The van der Waals surface area contributed by atoms with Gasteiger partial charge in [-0.3, -0.25) is 9.59 Å². The Morgan fingerprint density at radius 1 is 1.29 bits per heavy atom. The summed E-state index contributed by atoms with van der Waals surface area (Å²) in [5.41, 5.74) is 0. The van der Waals surface area contributed by atoms with Crippen molar-refractivity contribution >= 4 is 17.9 Å². The van der Waals surface area contributed by atoms with Crippen LogP contribution >= 0.6 is 0 Å². The van der Waals surface area contributed by atoms with Gasteiger partial charge in [0.2, 0.25) is 5.91 Å². The van der Waals surface area contributed by atoms with Crippen LogP contribution in [0.4, 0.5) is 4.79 Å². The zero-order chi connectivity index (χ0) is 15.4. The fraction of sp³-hybridized carbons (Fsp3) is 0.643. The van der Waals surface area contributed by atoms with Gasteiger partial charge in [-0.1, -0.05) is 12.2 Å². The highest BCUT2D eigenvalue weighted by Crippen LogP contribution is 2.18. The summed E-state index contributed by atoms with van der Waals surface area (Å²) < 4.78 is 0. The van der Waals surface area contributed by atoms with E-state index in [1.54, 1.807) is 24.1 Å². The quantitative estimate of drug-likeness (QED) is 0.729. The first kappa shape index (κ1) is 15.3. The van der Waals surface area contributed by atoms with Crippen molar-refractivity contribution in [3.05, 3.63) is 12.2 Å². The summed E-state index contributed by atoms with van der Waals surface area (Å²) in [6.07, 6.45) is 5.67. The lowest BCUT2D eigenvalue weighted by atomic mass is 10.1. The molecule has 1 saturated heterocycles. The molecule has 0 aromatic carbocycles. The average molecular weight is 295 g/mol. The molecule has 2 N–H and O–H groups in total. The summed E-state index contributed by atoms with van der Waals surface area (Å²) in [6.45, 7) is 1.57. The number of hydrogen-bond acceptors (Lipinski definition) is 3. The topological polar surface area (TPSA) is 90.0 Å². The van der Waals surface area contributed by atoms with Crippen molar-refractivity contribution < 1.29 is 19.5 Å². The Balaban J connectivity index is 1.76. The highest BCUT2D eigenvalue weighted by atomic mass is 16.4. The molecule has 0 radical (unpaired) electrons. The zero-order valence-electron chi connectivity index (χ0n) is 12.1. The first-order chi connectivity index (χ1) is 9.97. The predicted molar refractivity (Wildman–Crippen MR) is 75.6 cm³/mol. The Morgan fingerprint density at radius 2 is 1.95 bits per heavy atom. The number of carboxylic acid groups (broad SMARTS) is 1. The van der Waals surface area contributed by atoms with Gasteiger partial charge in [0.05, 0.1) is 12.0 Å². The smallest absolute Gasteiger partial charge is 0.318 e. The SMILES string of the molecule is CN(CC(=O)N1CCCC1)C(=O)NC1C=CC(C(=O)O)C1. The molecule has 1 fully saturated rings. The van der Waals surface area contributed by atoms with Gasteiger partial charge in [-0.2, -0.15) is 0 Å². The minimum Gasteiger partial charge on any atom is -0.481 e. The van der Waals surface area contributed by atoms with E-state index >= 15 is 0 Å². The number of carbonyl (C=O) groups excluding carboxylic acids is 2. The molecule has 0 aromatic heterocycles. The molecule has 0 spiro atoms. The van der Waals surface area contributed by atoms with Crippen molar-refractivity contribution in [1.29, 1.82) is 0 Å². The fourth-order valence-corrected chi connectivity index (χ4v) is 2.60. The molecule has 7 nitrogen and oxygen atoms in total. The molecule has 1 heterocycles. The maximum atomic E-state index is 12.0. The van der Waals surface area contributed by atoms with Gasteiger partial charge in [0.25, 0.3) is 0 Å². The highest BCUT2D eigenvalue weighted by molar-refractivity contribution is 5.84. The number of likely N-dealkylation sites (tertiary alicyclic amines) is 1.